The highest BCUT2D eigenvalue weighted by atomic mass is 35.5. The van der Waals surface area contributed by atoms with Gasteiger partial charge >= 0.3 is 0 Å². The molecule has 0 aromatic heterocycles. The van der Waals surface area contributed by atoms with Crippen molar-refractivity contribution in [2.24, 2.45) is 5.92 Å². The lowest BCUT2D eigenvalue weighted by molar-refractivity contribution is 0.180. The average molecular weight is 249 g/mol. The van der Waals surface area contributed by atoms with Crippen molar-refractivity contribution in [3.05, 3.63) is 29.3 Å². The Labute approximate surface area is 108 Å². The van der Waals surface area contributed by atoms with E-state index < -0.39 is 0 Å². The molecule has 0 spiro atoms. The second kappa shape index (κ2) is 5.98. The van der Waals surface area contributed by atoms with Gasteiger partial charge in [-0.15, -0.1) is 11.6 Å². The Morgan fingerprint density at radius 1 is 1.41 bits per heavy atom. The number of rotatable bonds is 3. The molecule has 0 amide bonds. The van der Waals surface area contributed by atoms with E-state index in [-0.39, 0.29) is 0 Å². The molecule has 90 valence electrons. The summed E-state index contributed by atoms with van der Waals surface area (Å²) in [5.41, 5.74) is 2.14. The molecule has 1 saturated carbocycles. The van der Waals surface area contributed by atoms with Crippen LogP contribution in [-0.4, -0.2) is 12.5 Å². The Bertz CT molecular complexity index is 438. The molecule has 1 aromatic rings. The molecule has 0 aliphatic heterocycles. The number of halogens is 1. The molecule has 1 nitrogen and oxygen atoms in total. The Kier molecular flexibility index (Phi) is 4.34. The van der Waals surface area contributed by atoms with Crippen molar-refractivity contribution >= 4 is 11.6 Å². The van der Waals surface area contributed by atoms with Gasteiger partial charge in [-0.05, 0) is 43.4 Å². The van der Waals surface area contributed by atoms with Gasteiger partial charge in [0.1, 0.15) is 5.75 Å². The van der Waals surface area contributed by atoms with Crippen molar-refractivity contribution in [1.82, 2.24) is 0 Å². The summed E-state index contributed by atoms with van der Waals surface area (Å²) in [6.45, 7) is 2.88. The van der Waals surface area contributed by atoms with Crippen LogP contribution in [0.4, 0.5) is 0 Å². The van der Waals surface area contributed by atoms with Gasteiger partial charge in [0, 0.05) is 0 Å². The molecular formula is C15H17ClO. The minimum absolute atomic E-state index is 0.357. The Hall–Kier alpha value is -1.13. The summed E-state index contributed by atoms with van der Waals surface area (Å²) in [6, 6.07) is 6.11. The van der Waals surface area contributed by atoms with Gasteiger partial charge in [0.15, 0.2) is 0 Å². The van der Waals surface area contributed by atoms with E-state index in [2.05, 4.69) is 30.9 Å². The zero-order valence-electron chi connectivity index (χ0n) is 10.1. The van der Waals surface area contributed by atoms with Crippen molar-refractivity contribution in [3.63, 3.8) is 0 Å². The van der Waals surface area contributed by atoms with Crippen LogP contribution < -0.4 is 4.74 Å². The van der Waals surface area contributed by atoms with Gasteiger partial charge in [-0.1, -0.05) is 24.3 Å². The number of benzene rings is 1. The molecular weight excluding hydrogens is 232 g/mol. The maximum atomic E-state index is 5.85. The van der Waals surface area contributed by atoms with Crippen molar-refractivity contribution in [3.8, 4) is 17.6 Å². The first-order valence-corrected chi connectivity index (χ1v) is 6.61. The molecule has 0 radical (unpaired) electrons. The van der Waals surface area contributed by atoms with Crippen LogP contribution in [0.5, 0.6) is 5.75 Å². The van der Waals surface area contributed by atoms with Crippen LogP contribution in [0.2, 0.25) is 0 Å². The van der Waals surface area contributed by atoms with E-state index in [1.807, 2.05) is 6.07 Å². The third kappa shape index (κ3) is 3.41. The van der Waals surface area contributed by atoms with E-state index in [0.29, 0.717) is 5.88 Å². The topological polar surface area (TPSA) is 9.23 Å². The highest BCUT2D eigenvalue weighted by Gasteiger charge is 2.18. The number of hydrogen-bond donors (Lipinski definition) is 0. The van der Waals surface area contributed by atoms with E-state index in [1.54, 1.807) is 0 Å². The van der Waals surface area contributed by atoms with Crippen molar-refractivity contribution in [1.29, 1.82) is 0 Å². The summed E-state index contributed by atoms with van der Waals surface area (Å²) >= 11 is 5.59. The van der Waals surface area contributed by atoms with E-state index >= 15 is 0 Å². The SMILES string of the molecule is Cc1ccc(OCC2CCC2)c(C#CCCl)c1. The lowest BCUT2D eigenvalue weighted by Crippen LogP contribution is -2.19. The molecule has 0 heterocycles. The number of aryl methyl sites for hydroxylation is 1. The van der Waals surface area contributed by atoms with Crippen molar-refractivity contribution in [2.75, 3.05) is 12.5 Å². The fourth-order valence-corrected chi connectivity index (χ4v) is 1.93. The molecule has 0 saturated heterocycles. The summed E-state index contributed by atoms with van der Waals surface area (Å²) in [4.78, 5) is 0. The fourth-order valence-electron chi connectivity index (χ4n) is 1.86. The maximum absolute atomic E-state index is 5.85. The molecule has 1 aliphatic carbocycles. The van der Waals surface area contributed by atoms with Crippen molar-refractivity contribution in [2.45, 2.75) is 26.2 Å². The van der Waals surface area contributed by atoms with E-state index in [0.717, 1.165) is 23.8 Å². The predicted molar refractivity (Wildman–Crippen MR) is 71.6 cm³/mol. The lowest BCUT2D eigenvalue weighted by atomic mass is 9.86. The smallest absolute Gasteiger partial charge is 0.134 e. The molecule has 0 N–H and O–H groups in total. The number of alkyl halides is 1. The molecule has 1 aliphatic rings. The maximum Gasteiger partial charge on any atom is 0.134 e. The Balaban J connectivity index is 2.07. The van der Waals surface area contributed by atoms with Crippen LogP contribution in [0.25, 0.3) is 0 Å². The molecule has 1 fully saturated rings. The lowest BCUT2D eigenvalue weighted by Gasteiger charge is -2.25. The highest BCUT2D eigenvalue weighted by molar-refractivity contribution is 6.19. The fraction of sp³-hybridized carbons (Fsp3) is 0.467. The van der Waals surface area contributed by atoms with E-state index in [9.17, 15) is 0 Å². The third-order valence-electron chi connectivity index (χ3n) is 3.12. The molecule has 2 heteroatoms. The van der Waals surface area contributed by atoms with Crippen LogP contribution in [-0.2, 0) is 0 Å². The largest absolute Gasteiger partial charge is 0.492 e. The van der Waals surface area contributed by atoms with Gasteiger partial charge in [-0.25, -0.2) is 0 Å². The zero-order valence-corrected chi connectivity index (χ0v) is 10.9. The zero-order chi connectivity index (χ0) is 12.1. The van der Waals surface area contributed by atoms with Crippen LogP contribution in [0.3, 0.4) is 0 Å². The van der Waals surface area contributed by atoms with Crippen LogP contribution in [0.1, 0.15) is 30.4 Å². The van der Waals surface area contributed by atoms with Gasteiger partial charge < -0.3 is 4.74 Å². The van der Waals surface area contributed by atoms with Crippen LogP contribution >= 0.6 is 11.6 Å². The second-order valence-electron chi connectivity index (χ2n) is 4.54. The van der Waals surface area contributed by atoms with Crippen molar-refractivity contribution < 1.29 is 4.74 Å². The van der Waals surface area contributed by atoms with E-state index in [1.165, 1.54) is 24.8 Å². The van der Waals surface area contributed by atoms with E-state index in [4.69, 9.17) is 16.3 Å². The minimum atomic E-state index is 0.357. The van der Waals surface area contributed by atoms with Gasteiger partial charge in [0.05, 0.1) is 18.1 Å². The quantitative estimate of drug-likeness (QED) is 0.585. The van der Waals surface area contributed by atoms with Gasteiger partial charge in [0.25, 0.3) is 0 Å². The molecule has 0 unspecified atom stereocenters. The summed E-state index contributed by atoms with van der Waals surface area (Å²) < 4.78 is 5.85. The Morgan fingerprint density at radius 3 is 2.88 bits per heavy atom. The summed E-state index contributed by atoms with van der Waals surface area (Å²) in [6.07, 6.45) is 3.95. The first kappa shape index (κ1) is 12.3. The second-order valence-corrected chi connectivity index (χ2v) is 4.81. The van der Waals surface area contributed by atoms with Gasteiger partial charge in [-0.3, -0.25) is 0 Å². The van der Waals surface area contributed by atoms with Gasteiger partial charge in [-0.2, -0.15) is 0 Å². The third-order valence-corrected chi connectivity index (χ3v) is 3.26. The summed E-state index contributed by atoms with van der Waals surface area (Å²) in [5, 5.41) is 0. The first-order chi connectivity index (χ1) is 8.29. The minimum Gasteiger partial charge on any atom is -0.492 e. The monoisotopic (exact) mass is 248 g/mol. The molecule has 0 atom stereocenters. The Morgan fingerprint density at radius 2 is 2.24 bits per heavy atom. The summed E-state index contributed by atoms with van der Waals surface area (Å²) in [5.74, 6) is 7.93. The molecule has 1 aromatic carbocycles. The number of hydrogen-bond acceptors (Lipinski definition) is 1. The standard InChI is InChI=1S/C15H17ClO/c1-12-7-8-15(14(10-12)6-3-9-16)17-11-13-4-2-5-13/h7-8,10,13H,2,4-5,9,11H2,1H3. The predicted octanol–water partition coefficient (Wildman–Crippen LogP) is 3.76. The van der Waals surface area contributed by atoms with Crippen LogP contribution in [0, 0.1) is 24.7 Å². The van der Waals surface area contributed by atoms with Crippen LogP contribution in [0.15, 0.2) is 18.2 Å². The molecule has 2 rings (SSSR count). The normalized spacial score (nSPS) is 14.7. The molecule has 17 heavy (non-hydrogen) atoms. The molecule has 0 bridgehead atoms. The average Bonchev–Trinajstić information content (AvgIpc) is 2.26. The first-order valence-electron chi connectivity index (χ1n) is 6.08. The highest BCUT2D eigenvalue weighted by Crippen LogP contribution is 2.28. The number of ether oxygens (including phenoxy) is 1. The van der Waals surface area contributed by atoms with Gasteiger partial charge in [0.2, 0.25) is 0 Å². The summed E-state index contributed by atoms with van der Waals surface area (Å²) in [7, 11) is 0.